The third-order valence-electron chi connectivity index (χ3n) is 0.761. The minimum absolute atomic E-state index is 0. The first-order chi connectivity index (χ1) is 3.29. The molecule has 4 heteroatoms. The molecule has 8 heavy (non-hydrogen) atoms. The number of hydrogen-bond acceptors (Lipinski definition) is 3. The number of esters is 2. The van der Waals surface area contributed by atoms with Crippen molar-refractivity contribution < 1.29 is 14.3 Å². The summed E-state index contributed by atoms with van der Waals surface area (Å²) >= 11 is 0. The van der Waals surface area contributed by atoms with Crippen LogP contribution < -0.4 is 0 Å². The summed E-state index contributed by atoms with van der Waals surface area (Å²) in [6, 6.07) is 0. The van der Waals surface area contributed by atoms with Crippen LogP contribution in [0.3, 0.4) is 0 Å². The Hall–Kier alpha value is 0.0621. The molecule has 0 amide bonds. The van der Waals surface area contributed by atoms with Crippen LogP contribution in [0.2, 0.25) is 0 Å². The van der Waals surface area contributed by atoms with Crippen molar-refractivity contribution in [2.45, 2.75) is 12.8 Å². The molecule has 3 nitrogen and oxygen atoms in total. The number of rotatable bonds is 0. The maximum atomic E-state index is 10.0. The molecule has 1 heterocycles. The summed E-state index contributed by atoms with van der Waals surface area (Å²) in [6.07, 6.45) is 0.525. The molecule has 42 valence electrons. The minimum Gasteiger partial charge on any atom is -0.393 e. The molecule has 1 aliphatic heterocycles. The minimum atomic E-state index is -0.398. The number of hydrogen-bond donors (Lipinski definition) is 0. The van der Waals surface area contributed by atoms with Gasteiger partial charge in [-0.05, 0) is 0 Å². The van der Waals surface area contributed by atoms with Crippen LogP contribution in [0.4, 0.5) is 0 Å². The molecule has 0 N–H and O–H groups in total. The van der Waals surface area contributed by atoms with E-state index in [4.69, 9.17) is 0 Å². The van der Waals surface area contributed by atoms with Crippen LogP contribution >= 0.6 is 0 Å². The van der Waals surface area contributed by atoms with Crippen LogP contribution in [0, 0.1) is 0 Å². The fourth-order valence-corrected chi connectivity index (χ4v) is 0.433. The van der Waals surface area contributed by atoms with Gasteiger partial charge < -0.3 is 4.74 Å². The molecular weight excluding hydrogens is 303 g/mol. The van der Waals surface area contributed by atoms with Gasteiger partial charge in [-0.25, -0.2) is 0 Å². The van der Waals surface area contributed by atoms with Crippen LogP contribution in [0.5, 0.6) is 0 Å². The fraction of sp³-hybridized carbons (Fsp3) is 0.500. The van der Waals surface area contributed by atoms with Gasteiger partial charge in [-0.1, -0.05) is 0 Å². The van der Waals surface area contributed by atoms with Gasteiger partial charge in [0, 0.05) is 27.3 Å². The predicted octanol–water partition coefficient (Wildman–Crippen LogP) is -0.531. The summed E-state index contributed by atoms with van der Waals surface area (Å²) in [6.45, 7) is 0. The SMILES string of the molecule is O=C1CCC(=O)O1.[Pb]. The van der Waals surface area contributed by atoms with Gasteiger partial charge in [-0.15, -0.1) is 0 Å². The second-order valence-electron chi connectivity index (χ2n) is 1.35. The normalized spacial score (nSPS) is 17.5. The quantitative estimate of drug-likeness (QED) is 0.343. The topological polar surface area (TPSA) is 43.4 Å². The molecule has 0 atom stereocenters. The molecule has 0 aliphatic carbocycles. The van der Waals surface area contributed by atoms with E-state index >= 15 is 0 Å². The Balaban J connectivity index is 0.000000490. The molecule has 0 aromatic carbocycles. The van der Waals surface area contributed by atoms with Crippen molar-refractivity contribution in [3.63, 3.8) is 0 Å². The van der Waals surface area contributed by atoms with Gasteiger partial charge >= 0.3 is 11.9 Å². The average molecular weight is 307 g/mol. The molecule has 0 aromatic rings. The molecule has 0 spiro atoms. The number of carbonyl (C=O) groups excluding carboxylic acids is 2. The molecule has 0 bridgehead atoms. The largest absolute Gasteiger partial charge is 0.393 e. The molecule has 1 saturated heterocycles. The van der Waals surface area contributed by atoms with Gasteiger partial charge in [0.15, 0.2) is 0 Å². The molecular formula is C4H4O3Pb. The Kier molecular flexibility index (Phi) is 3.18. The van der Waals surface area contributed by atoms with E-state index in [1.807, 2.05) is 0 Å². The summed E-state index contributed by atoms with van der Waals surface area (Å²) in [5.41, 5.74) is 0. The van der Waals surface area contributed by atoms with Crippen LogP contribution in [0.25, 0.3) is 0 Å². The Morgan fingerprint density at radius 3 is 1.62 bits per heavy atom. The van der Waals surface area contributed by atoms with E-state index in [9.17, 15) is 9.59 Å². The van der Waals surface area contributed by atoms with Gasteiger partial charge in [0.25, 0.3) is 0 Å². The zero-order chi connectivity index (χ0) is 5.28. The van der Waals surface area contributed by atoms with Crippen LogP contribution in [0.1, 0.15) is 12.8 Å². The van der Waals surface area contributed by atoms with Crippen molar-refractivity contribution in [1.82, 2.24) is 0 Å². The molecule has 0 aromatic heterocycles. The van der Waals surface area contributed by atoms with E-state index in [2.05, 4.69) is 4.74 Å². The van der Waals surface area contributed by atoms with Crippen molar-refractivity contribution in [3.05, 3.63) is 0 Å². The van der Waals surface area contributed by atoms with Gasteiger partial charge in [0.1, 0.15) is 0 Å². The zero-order valence-electron chi connectivity index (χ0n) is 4.14. The summed E-state index contributed by atoms with van der Waals surface area (Å²) < 4.78 is 4.08. The van der Waals surface area contributed by atoms with Crippen molar-refractivity contribution in [3.8, 4) is 0 Å². The van der Waals surface area contributed by atoms with Gasteiger partial charge in [0.2, 0.25) is 0 Å². The van der Waals surface area contributed by atoms with E-state index in [0.29, 0.717) is 0 Å². The van der Waals surface area contributed by atoms with Crippen molar-refractivity contribution >= 4 is 39.2 Å². The van der Waals surface area contributed by atoms with Crippen molar-refractivity contribution in [1.29, 1.82) is 0 Å². The second kappa shape index (κ2) is 3.16. The summed E-state index contributed by atoms with van der Waals surface area (Å²) in [4.78, 5) is 20.0. The van der Waals surface area contributed by atoms with Crippen LogP contribution in [-0.4, -0.2) is 39.2 Å². The molecule has 1 rings (SSSR count). The van der Waals surface area contributed by atoms with Gasteiger partial charge in [-0.2, -0.15) is 0 Å². The van der Waals surface area contributed by atoms with E-state index < -0.39 is 11.9 Å². The Morgan fingerprint density at radius 1 is 1.12 bits per heavy atom. The van der Waals surface area contributed by atoms with E-state index in [1.54, 1.807) is 0 Å². The standard InChI is InChI=1S/C4H4O3.Pb/c5-3-1-2-4(6)7-3;/h1-2H2;. The Labute approximate surface area is 66.5 Å². The van der Waals surface area contributed by atoms with Crippen molar-refractivity contribution in [2.75, 3.05) is 0 Å². The van der Waals surface area contributed by atoms with Crippen LogP contribution in [-0.2, 0) is 14.3 Å². The summed E-state index contributed by atoms with van der Waals surface area (Å²) in [5.74, 6) is -0.796. The maximum Gasteiger partial charge on any atom is 0.314 e. The first-order valence-electron chi connectivity index (χ1n) is 2.02. The molecule has 4 radical (unpaired) electrons. The predicted molar refractivity (Wildman–Crippen MR) is 26.1 cm³/mol. The van der Waals surface area contributed by atoms with Gasteiger partial charge in [0.05, 0.1) is 12.8 Å². The first kappa shape index (κ1) is 8.06. The van der Waals surface area contributed by atoms with E-state index in [0.717, 1.165) is 0 Å². The molecule has 0 saturated carbocycles. The summed E-state index contributed by atoms with van der Waals surface area (Å²) in [7, 11) is 0. The van der Waals surface area contributed by atoms with Crippen LogP contribution in [0.15, 0.2) is 0 Å². The van der Waals surface area contributed by atoms with Gasteiger partial charge in [-0.3, -0.25) is 9.59 Å². The van der Waals surface area contributed by atoms with E-state index in [-0.39, 0.29) is 40.1 Å². The number of carbonyl (C=O) groups is 2. The molecule has 0 unspecified atom stereocenters. The first-order valence-corrected chi connectivity index (χ1v) is 2.02. The summed E-state index contributed by atoms with van der Waals surface area (Å²) in [5, 5.41) is 0. The second-order valence-corrected chi connectivity index (χ2v) is 1.35. The smallest absolute Gasteiger partial charge is 0.314 e. The maximum absolute atomic E-state index is 10.0. The number of ether oxygens (including phenoxy) is 1. The number of cyclic esters (lactones) is 2. The Morgan fingerprint density at radius 2 is 1.50 bits per heavy atom. The van der Waals surface area contributed by atoms with Crippen molar-refractivity contribution in [2.24, 2.45) is 0 Å². The monoisotopic (exact) mass is 308 g/mol. The van der Waals surface area contributed by atoms with E-state index in [1.165, 1.54) is 0 Å². The molecule has 1 aliphatic rings. The average Bonchev–Trinajstić information content (AvgIpc) is 1.87. The third kappa shape index (κ3) is 1.89. The fourth-order valence-electron chi connectivity index (χ4n) is 0.433. The zero-order valence-corrected chi connectivity index (χ0v) is 8.03. The third-order valence-corrected chi connectivity index (χ3v) is 0.761. The molecule has 1 fully saturated rings. The Bertz CT molecular complexity index is 106.